The van der Waals surface area contributed by atoms with E-state index in [1.165, 1.54) is 69.4 Å². The second-order valence-electron chi connectivity index (χ2n) is 17.3. The summed E-state index contributed by atoms with van der Waals surface area (Å²) in [6.45, 7) is 0. The van der Waals surface area contributed by atoms with Crippen molar-refractivity contribution >= 4 is 98.2 Å². The summed E-state index contributed by atoms with van der Waals surface area (Å²) in [5.74, 6) is 0. The van der Waals surface area contributed by atoms with E-state index in [2.05, 4.69) is 275 Å². The van der Waals surface area contributed by atoms with Gasteiger partial charge in [-0.05, 0) is 130 Å². The van der Waals surface area contributed by atoms with Crippen LogP contribution in [0.3, 0.4) is 0 Å². The van der Waals surface area contributed by atoms with Crippen molar-refractivity contribution < 1.29 is 0 Å². The van der Waals surface area contributed by atoms with E-state index in [9.17, 15) is 0 Å². The molecule has 320 valence electrons. The minimum absolute atomic E-state index is 1.05. The fraction of sp³-hybridized carbons (Fsp3) is 0. The van der Waals surface area contributed by atoms with E-state index in [4.69, 9.17) is 0 Å². The van der Waals surface area contributed by atoms with Gasteiger partial charge in [0.2, 0.25) is 0 Å². The number of rotatable bonds is 9. The number of aromatic nitrogens is 1. The summed E-state index contributed by atoms with van der Waals surface area (Å²) in [4.78, 5) is 4.83. The topological polar surface area (TPSA) is 11.4 Å². The van der Waals surface area contributed by atoms with Gasteiger partial charge in [0.15, 0.2) is 0 Å². The molecule has 0 saturated carbocycles. The van der Waals surface area contributed by atoms with Gasteiger partial charge in [-0.1, -0.05) is 164 Å². The second-order valence-corrected chi connectivity index (χ2v) is 18.4. The predicted molar refractivity (Wildman–Crippen MR) is 291 cm³/mol. The van der Waals surface area contributed by atoms with Crippen LogP contribution in [0.15, 0.2) is 261 Å². The van der Waals surface area contributed by atoms with E-state index in [0.717, 1.165) is 45.4 Å². The molecule has 0 spiro atoms. The Labute approximate surface area is 399 Å². The first-order valence-electron chi connectivity index (χ1n) is 23.2. The van der Waals surface area contributed by atoms with E-state index in [1.807, 2.05) is 11.3 Å². The SMILES string of the molecule is c1ccc(-c2ccc(N(c3ccccc3)c3cc(-c4cc5c6ccccc6n(-c6ccccc6)c5c5sc6ccccc6c45)cc(N(c4ccccc4)c4ccc5ccccc5c4)c3)cc2)cc1. The van der Waals surface area contributed by atoms with E-state index in [1.54, 1.807) is 0 Å². The lowest BCUT2D eigenvalue weighted by Gasteiger charge is -2.30. The van der Waals surface area contributed by atoms with Gasteiger partial charge >= 0.3 is 0 Å². The molecule has 0 atom stereocenters. The molecule has 0 fully saturated rings. The van der Waals surface area contributed by atoms with E-state index in [-0.39, 0.29) is 0 Å². The summed E-state index contributed by atoms with van der Waals surface area (Å²) in [5.41, 5.74) is 14.7. The van der Waals surface area contributed by atoms with Gasteiger partial charge in [0.25, 0.3) is 0 Å². The number of fused-ring (bicyclic) bond motifs is 8. The van der Waals surface area contributed by atoms with Gasteiger partial charge in [-0.2, -0.15) is 0 Å². The maximum absolute atomic E-state index is 2.48. The Balaban J connectivity index is 1.13. The van der Waals surface area contributed by atoms with Gasteiger partial charge in [-0.15, -0.1) is 11.3 Å². The van der Waals surface area contributed by atoms with Crippen molar-refractivity contribution in [1.29, 1.82) is 0 Å². The highest BCUT2D eigenvalue weighted by atomic mass is 32.1. The van der Waals surface area contributed by atoms with Gasteiger partial charge in [-0.25, -0.2) is 0 Å². The Kier molecular flexibility index (Phi) is 9.69. The summed E-state index contributed by atoms with van der Waals surface area (Å²) in [6, 6.07) is 95.0. The Bertz CT molecular complexity index is 3950. The van der Waals surface area contributed by atoms with Crippen LogP contribution in [-0.2, 0) is 0 Å². The average molecular weight is 886 g/mol. The van der Waals surface area contributed by atoms with Gasteiger partial charge in [0.05, 0.1) is 15.7 Å². The molecule has 2 aromatic heterocycles. The van der Waals surface area contributed by atoms with Crippen LogP contribution in [0.4, 0.5) is 34.1 Å². The van der Waals surface area contributed by atoms with Crippen molar-refractivity contribution in [3.63, 3.8) is 0 Å². The molecular weight excluding hydrogens is 843 g/mol. The van der Waals surface area contributed by atoms with Gasteiger partial charge in [0, 0.05) is 66.1 Å². The summed E-state index contributed by atoms with van der Waals surface area (Å²) in [6.07, 6.45) is 0. The molecule has 0 aliphatic heterocycles. The second kappa shape index (κ2) is 16.6. The quantitative estimate of drug-likeness (QED) is 0.143. The molecule has 11 aromatic carbocycles. The van der Waals surface area contributed by atoms with Crippen LogP contribution in [0.1, 0.15) is 0 Å². The van der Waals surface area contributed by atoms with Crippen LogP contribution >= 0.6 is 11.3 Å². The molecule has 0 saturated heterocycles. The zero-order valence-electron chi connectivity index (χ0n) is 37.1. The fourth-order valence-corrected chi connectivity index (χ4v) is 11.5. The Morgan fingerprint density at radius 3 is 1.56 bits per heavy atom. The number of para-hydroxylation sites is 4. The van der Waals surface area contributed by atoms with Crippen LogP contribution in [0.5, 0.6) is 0 Å². The van der Waals surface area contributed by atoms with Crippen molar-refractivity contribution in [2.75, 3.05) is 9.80 Å². The minimum Gasteiger partial charge on any atom is -0.310 e. The highest BCUT2D eigenvalue weighted by Crippen LogP contribution is 2.50. The van der Waals surface area contributed by atoms with Gasteiger partial charge < -0.3 is 14.4 Å². The lowest BCUT2D eigenvalue weighted by Crippen LogP contribution is -2.13. The molecule has 2 heterocycles. The highest BCUT2D eigenvalue weighted by molar-refractivity contribution is 7.26. The van der Waals surface area contributed by atoms with E-state index < -0.39 is 0 Å². The summed E-state index contributed by atoms with van der Waals surface area (Å²) < 4.78 is 5.02. The normalized spacial score (nSPS) is 11.5. The Morgan fingerprint density at radius 2 is 0.853 bits per heavy atom. The third-order valence-electron chi connectivity index (χ3n) is 13.3. The smallest absolute Gasteiger partial charge is 0.0720 e. The van der Waals surface area contributed by atoms with Crippen molar-refractivity contribution in [2.24, 2.45) is 0 Å². The molecule has 0 aliphatic carbocycles. The fourth-order valence-electron chi connectivity index (χ4n) is 10.2. The van der Waals surface area contributed by atoms with Crippen molar-refractivity contribution in [2.45, 2.75) is 0 Å². The standard InChI is InChI=1S/C64H43N3S/c1-5-19-44(20-6-1)46-33-36-52(37-34-46)65(49-23-7-2-8-24-49)54-40-48(41-55(42-54)66(50-25-9-3-10-26-50)53-38-35-45-21-13-14-22-47(45)39-53)58-43-59-56-29-15-17-31-60(56)67(51-27-11-4-12-28-51)63(59)64-62(58)57-30-16-18-32-61(57)68-64/h1-43H. The van der Waals surface area contributed by atoms with Crippen LogP contribution in [0.2, 0.25) is 0 Å². The van der Waals surface area contributed by atoms with Gasteiger partial charge in [-0.3, -0.25) is 0 Å². The maximum atomic E-state index is 2.48. The van der Waals surface area contributed by atoms with Gasteiger partial charge in [0.1, 0.15) is 0 Å². The molecule has 0 unspecified atom stereocenters. The van der Waals surface area contributed by atoms with E-state index >= 15 is 0 Å². The largest absolute Gasteiger partial charge is 0.310 e. The van der Waals surface area contributed by atoms with Crippen LogP contribution in [0.25, 0.3) is 80.7 Å². The first-order valence-corrected chi connectivity index (χ1v) is 24.0. The zero-order valence-corrected chi connectivity index (χ0v) is 37.9. The highest BCUT2D eigenvalue weighted by Gasteiger charge is 2.25. The number of hydrogen-bond acceptors (Lipinski definition) is 3. The molecule has 0 bridgehead atoms. The zero-order chi connectivity index (χ0) is 45.0. The van der Waals surface area contributed by atoms with Crippen molar-refractivity contribution in [3.05, 3.63) is 261 Å². The Morgan fingerprint density at radius 1 is 0.324 bits per heavy atom. The first-order chi connectivity index (χ1) is 33.7. The minimum atomic E-state index is 1.05. The molecule has 13 rings (SSSR count). The summed E-state index contributed by atoms with van der Waals surface area (Å²) >= 11 is 1.89. The third kappa shape index (κ3) is 6.81. The number of nitrogens with zero attached hydrogens (tertiary/aromatic N) is 3. The first kappa shape index (κ1) is 39.6. The van der Waals surface area contributed by atoms with Crippen LogP contribution in [-0.4, -0.2) is 4.57 Å². The van der Waals surface area contributed by atoms with Crippen molar-refractivity contribution in [3.8, 4) is 27.9 Å². The Hall–Kier alpha value is -8.70. The predicted octanol–water partition coefficient (Wildman–Crippen LogP) is 18.6. The molecule has 0 radical (unpaired) electrons. The van der Waals surface area contributed by atoms with E-state index in [0.29, 0.717) is 0 Å². The summed E-state index contributed by atoms with van der Waals surface area (Å²) in [5, 5.41) is 7.39. The molecule has 0 amide bonds. The van der Waals surface area contributed by atoms with Crippen molar-refractivity contribution in [1.82, 2.24) is 4.57 Å². The molecule has 4 heteroatoms. The average Bonchev–Trinajstić information content (AvgIpc) is 3.96. The number of hydrogen-bond donors (Lipinski definition) is 0. The van der Waals surface area contributed by atoms with Crippen LogP contribution < -0.4 is 9.80 Å². The lowest BCUT2D eigenvalue weighted by atomic mass is 9.95. The van der Waals surface area contributed by atoms with Crippen LogP contribution in [0, 0.1) is 0 Å². The number of anilines is 6. The third-order valence-corrected chi connectivity index (χ3v) is 14.5. The molecule has 0 N–H and O–H groups in total. The molecule has 13 aromatic rings. The molecular formula is C64H43N3S. The maximum Gasteiger partial charge on any atom is 0.0720 e. The molecule has 3 nitrogen and oxygen atoms in total. The number of thiophene rings is 1. The lowest BCUT2D eigenvalue weighted by molar-refractivity contribution is 1.19. The molecule has 0 aliphatic rings. The molecule has 68 heavy (non-hydrogen) atoms. The monoisotopic (exact) mass is 885 g/mol. The number of benzene rings is 11. The summed E-state index contributed by atoms with van der Waals surface area (Å²) in [7, 11) is 0.